The van der Waals surface area contributed by atoms with Crippen molar-refractivity contribution in [3.8, 4) is 39.7 Å². The molecule has 39 heavy (non-hydrogen) atoms. The maximum atomic E-state index is 14.2. The van der Waals surface area contributed by atoms with Crippen molar-refractivity contribution >= 4 is 33.8 Å². The number of methoxy groups -OCH3 is 1. The van der Waals surface area contributed by atoms with E-state index in [0.29, 0.717) is 56.5 Å². The van der Waals surface area contributed by atoms with Crippen LogP contribution in [0.15, 0.2) is 61.1 Å². The highest BCUT2D eigenvalue weighted by Gasteiger charge is 2.29. The van der Waals surface area contributed by atoms with E-state index in [1.807, 2.05) is 18.2 Å². The van der Waals surface area contributed by atoms with Gasteiger partial charge in [0, 0.05) is 35.5 Å². The molecule has 192 valence electrons. The molecule has 7 rings (SSSR count). The number of benzene rings is 1. The smallest absolute Gasteiger partial charge is 0.227 e. The summed E-state index contributed by atoms with van der Waals surface area (Å²) < 4.78 is 19.5. The zero-order chi connectivity index (χ0) is 26.5. The molecule has 0 aliphatic heterocycles. The summed E-state index contributed by atoms with van der Waals surface area (Å²) in [4.78, 5) is 33.7. The molecular formula is C28H21FN8O2. The molecule has 0 bridgehead atoms. The Balaban J connectivity index is 1.28. The van der Waals surface area contributed by atoms with Crippen LogP contribution in [0.2, 0.25) is 0 Å². The number of halogens is 1. The summed E-state index contributed by atoms with van der Waals surface area (Å²) in [5.74, 6) is 0.576. The van der Waals surface area contributed by atoms with Gasteiger partial charge in [0.25, 0.3) is 0 Å². The Bertz CT molecular complexity index is 1890. The van der Waals surface area contributed by atoms with Crippen LogP contribution in [0.1, 0.15) is 12.8 Å². The number of pyridine rings is 3. The molecule has 0 atom stereocenters. The summed E-state index contributed by atoms with van der Waals surface area (Å²) in [5.41, 5.74) is 6.31. The van der Waals surface area contributed by atoms with Crippen molar-refractivity contribution in [3.63, 3.8) is 0 Å². The van der Waals surface area contributed by atoms with Gasteiger partial charge >= 0.3 is 0 Å². The SMILES string of the molecule is COc1cc(F)cc(-c2ccnc3[nH]c(-c4n[nH]c5ccc(-c6cncc(NC(=O)C7CC7)c6)nc45)nc23)c1. The molecule has 1 fully saturated rings. The largest absolute Gasteiger partial charge is 0.497 e. The number of hydrogen-bond acceptors (Lipinski definition) is 7. The number of ether oxygens (including phenoxy) is 1. The lowest BCUT2D eigenvalue weighted by molar-refractivity contribution is -0.117. The molecule has 5 heterocycles. The lowest BCUT2D eigenvalue weighted by atomic mass is 10.1. The quantitative estimate of drug-likeness (QED) is 0.277. The summed E-state index contributed by atoms with van der Waals surface area (Å²) >= 11 is 0. The van der Waals surface area contributed by atoms with Gasteiger partial charge in [0.1, 0.15) is 22.6 Å². The Kier molecular flexibility index (Phi) is 5.29. The first kappa shape index (κ1) is 23.0. The number of amides is 1. The molecule has 6 aromatic rings. The number of aromatic nitrogens is 7. The average molecular weight is 521 g/mol. The fraction of sp³-hybridized carbons (Fsp3) is 0.143. The van der Waals surface area contributed by atoms with E-state index in [1.165, 1.54) is 19.2 Å². The van der Waals surface area contributed by atoms with Gasteiger partial charge in [-0.15, -0.1) is 0 Å². The third kappa shape index (κ3) is 4.23. The maximum absolute atomic E-state index is 14.2. The van der Waals surface area contributed by atoms with E-state index in [4.69, 9.17) is 14.7 Å². The molecule has 1 aliphatic carbocycles. The predicted molar refractivity (Wildman–Crippen MR) is 143 cm³/mol. The number of rotatable bonds is 6. The first-order valence-corrected chi connectivity index (χ1v) is 12.4. The molecule has 0 unspecified atom stereocenters. The van der Waals surface area contributed by atoms with Crippen molar-refractivity contribution in [2.24, 2.45) is 5.92 Å². The molecule has 1 amide bonds. The summed E-state index contributed by atoms with van der Waals surface area (Å²) in [6.45, 7) is 0. The summed E-state index contributed by atoms with van der Waals surface area (Å²) in [6, 6.07) is 11.9. The molecule has 11 heteroatoms. The number of fused-ring (bicyclic) bond motifs is 2. The van der Waals surface area contributed by atoms with E-state index in [2.05, 4.69) is 30.5 Å². The van der Waals surface area contributed by atoms with Gasteiger partial charge in [-0.1, -0.05) is 0 Å². The summed E-state index contributed by atoms with van der Waals surface area (Å²) in [6.07, 6.45) is 6.81. The van der Waals surface area contributed by atoms with E-state index in [9.17, 15) is 9.18 Å². The maximum Gasteiger partial charge on any atom is 0.227 e. The zero-order valence-corrected chi connectivity index (χ0v) is 20.7. The van der Waals surface area contributed by atoms with Crippen LogP contribution in [0.4, 0.5) is 10.1 Å². The van der Waals surface area contributed by atoms with E-state index in [-0.39, 0.29) is 11.8 Å². The van der Waals surface area contributed by atoms with Crippen molar-refractivity contribution < 1.29 is 13.9 Å². The Morgan fingerprint density at radius 3 is 2.79 bits per heavy atom. The van der Waals surface area contributed by atoms with Crippen LogP contribution < -0.4 is 10.1 Å². The van der Waals surface area contributed by atoms with Crippen LogP contribution >= 0.6 is 0 Å². The van der Waals surface area contributed by atoms with Gasteiger partial charge in [0.15, 0.2) is 17.2 Å². The van der Waals surface area contributed by atoms with Gasteiger partial charge in [-0.25, -0.2) is 19.3 Å². The fourth-order valence-corrected chi connectivity index (χ4v) is 4.55. The average Bonchev–Trinajstić information content (AvgIpc) is 3.58. The fourth-order valence-electron chi connectivity index (χ4n) is 4.55. The van der Waals surface area contributed by atoms with Gasteiger partial charge in [-0.05, 0) is 54.8 Å². The minimum absolute atomic E-state index is 0.0176. The first-order chi connectivity index (χ1) is 19.1. The summed E-state index contributed by atoms with van der Waals surface area (Å²) in [7, 11) is 1.49. The number of anilines is 1. The predicted octanol–water partition coefficient (Wildman–Crippen LogP) is 5.12. The molecule has 10 nitrogen and oxygen atoms in total. The van der Waals surface area contributed by atoms with Gasteiger partial charge in [-0.3, -0.25) is 14.9 Å². The second-order valence-electron chi connectivity index (χ2n) is 9.41. The Labute approximate surface area is 220 Å². The first-order valence-electron chi connectivity index (χ1n) is 12.4. The summed E-state index contributed by atoms with van der Waals surface area (Å²) in [5, 5.41) is 10.4. The van der Waals surface area contributed by atoms with Crippen LogP contribution in [-0.2, 0) is 4.79 Å². The van der Waals surface area contributed by atoms with Gasteiger partial charge in [-0.2, -0.15) is 5.10 Å². The lowest BCUT2D eigenvalue weighted by Crippen LogP contribution is -2.13. The number of carbonyl (C=O) groups is 1. The second-order valence-corrected chi connectivity index (χ2v) is 9.41. The molecule has 0 spiro atoms. The minimum Gasteiger partial charge on any atom is -0.497 e. The van der Waals surface area contributed by atoms with E-state index < -0.39 is 5.82 Å². The van der Waals surface area contributed by atoms with E-state index in [1.54, 1.807) is 30.7 Å². The van der Waals surface area contributed by atoms with Crippen molar-refractivity contribution in [2.75, 3.05) is 12.4 Å². The number of imidazole rings is 1. The van der Waals surface area contributed by atoms with Crippen LogP contribution in [0.3, 0.4) is 0 Å². The zero-order valence-electron chi connectivity index (χ0n) is 20.7. The van der Waals surface area contributed by atoms with Crippen molar-refractivity contribution in [1.29, 1.82) is 0 Å². The number of carbonyl (C=O) groups excluding carboxylic acids is 1. The number of nitrogens with one attached hydrogen (secondary N) is 3. The van der Waals surface area contributed by atoms with Crippen molar-refractivity contribution in [3.05, 3.63) is 66.9 Å². The van der Waals surface area contributed by atoms with E-state index in [0.717, 1.165) is 23.9 Å². The van der Waals surface area contributed by atoms with E-state index >= 15 is 0 Å². The number of aromatic amines is 2. The Hall–Kier alpha value is -5.19. The number of H-pyrrole nitrogens is 2. The highest BCUT2D eigenvalue weighted by Crippen LogP contribution is 2.33. The Morgan fingerprint density at radius 2 is 1.95 bits per heavy atom. The highest BCUT2D eigenvalue weighted by molar-refractivity contribution is 5.96. The van der Waals surface area contributed by atoms with Gasteiger partial charge in [0.05, 0.1) is 30.2 Å². The molecule has 1 aliphatic rings. The van der Waals surface area contributed by atoms with Gasteiger partial charge < -0.3 is 15.0 Å². The third-order valence-electron chi connectivity index (χ3n) is 6.68. The number of hydrogen-bond donors (Lipinski definition) is 3. The topological polar surface area (TPSA) is 134 Å². The standard InChI is InChI=1S/C28H21FN8O2/c1-39-19-10-15(8-17(29)11-19)20-6-7-31-26-23(20)34-27(35-26)25-24-22(36-37-25)5-4-21(33-24)16-9-18(13-30-12-16)32-28(38)14-2-3-14/h4-14H,2-3H2,1H3,(H,32,38)(H,36,37)(H,31,34,35). The van der Waals surface area contributed by atoms with Gasteiger partial charge in [0.2, 0.25) is 5.91 Å². The molecule has 1 saturated carbocycles. The second kappa shape index (κ2) is 8.98. The van der Waals surface area contributed by atoms with Crippen LogP contribution in [-0.4, -0.2) is 48.1 Å². The van der Waals surface area contributed by atoms with Crippen LogP contribution in [0.5, 0.6) is 5.75 Å². The monoisotopic (exact) mass is 520 g/mol. The Morgan fingerprint density at radius 1 is 1.05 bits per heavy atom. The third-order valence-corrected chi connectivity index (χ3v) is 6.68. The van der Waals surface area contributed by atoms with Crippen molar-refractivity contribution in [2.45, 2.75) is 12.8 Å². The molecular weight excluding hydrogens is 499 g/mol. The highest BCUT2D eigenvalue weighted by atomic mass is 19.1. The van der Waals surface area contributed by atoms with Crippen LogP contribution in [0, 0.1) is 11.7 Å². The minimum atomic E-state index is -0.411. The molecule has 3 N–H and O–H groups in total. The molecule has 0 radical (unpaired) electrons. The lowest BCUT2D eigenvalue weighted by Gasteiger charge is -2.06. The molecule has 5 aromatic heterocycles. The van der Waals surface area contributed by atoms with Crippen molar-refractivity contribution in [1.82, 2.24) is 35.1 Å². The normalized spacial score (nSPS) is 13.2. The molecule has 0 saturated heterocycles. The number of nitrogens with zero attached hydrogens (tertiary/aromatic N) is 5. The van der Waals surface area contributed by atoms with Crippen LogP contribution in [0.25, 0.3) is 56.1 Å². The molecule has 1 aromatic carbocycles.